The van der Waals surface area contributed by atoms with Crippen molar-refractivity contribution in [2.24, 2.45) is 0 Å². The molecule has 4 rings (SSSR count). The fourth-order valence-corrected chi connectivity index (χ4v) is 4.88. The first kappa shape index (κ1) is 21.8. The van der Waals surface area contributed by atoms with Gasteiger partial charge in [-0.05, 0) is 54.1 Å². The number of aromatic nitrogens is 1. The monoisotopic (exact) mass is 513 g/mol. The van der Waals surface area contributed by atoms with Crippen LogP contribution >= 0.6 is 39.0 Å². The zero-order chi connectivity index (χ0) is 21.8. The summed E-state index contributed by atoms with van der Waals surface area (Å²) in [5, 5.41) is 8.47. The summed E-state index contributed by atoms with van der Waals surface area (Å²) < 4.78 is 1.90. The van der Waals surface area contributed by atoms with Gasteiger partial charge in [0, 0.05) is 15.4 Å². The standard InChI is InChI=1S/C23H20BrN3O2S2/c1-30-13-12-18(25-21(28)15-6-9-16(24)10-7-15)22(29)27-23-26-20-17-5-3-2-4-14(17)8-11-19(20)31-23/h2-11,18H,12-13H2,1H3,(H,25,28)(H,26,27,29). The molecule has 2 N–H and O–H groups in total. The number of rotatable bonds is 7. The Morgan fingerprint density at radius 2 is 1.87 bits per heavy atom. The van der Waals surface area contributed by atoms with Gasteiger partial charge in [-0.15, -0.1) is 0 Å². The number of hydrogen-bond donors (Lipinski definition) is 2. The maximum absolute atomic E-state index is 13.0. The highest BCUT2D eigenvalue weighted by Crippen LogP contribution is 2.31. The highest BCUT2D eigenvalue weighted by Gasteiger charge is 2.22. The Balaban J connectivity index is 1.53. The number of carbonyl (C=O) groups is 2. The second-order valence-electron chi connectivity index (χ2n) is 6.96. The molecule has 0 bridgehead atoms. The average molecular weight is 514 g/mol. The van der Waals surface area contributed by atoms with E-state index in [4.69, 9.17) is 0 Å². The Labute approximate surface area is 196 Å². The molecule has 8 heteroatoms. The Hall–Kier alpha value is -2.42. The lowest BCUT2D eigenvalue weighted by atomic mass is 10.1. The van der Waals surface area contributed by atoms with Crippen molar-refractivity contribution in [3.63, 3.8) is 0 Å². The molecule has 1 atom stereocenters. The molecule has 2 amide bonds. The predicted molar refractivity (Wildman–Crippen MR) is 134 cm³/mol. The third-order valence-electron chi connectivity index (χ3n) is 4.85. The first-order valence-corrected chi connectivity index (χ1v) is 12.7. The lowest BCUT2D eigenvalue weighted by Crippen LogP contribution is -2.44. The number of amides is 2. The van der Waals surface area contributed by atoms with Crippen molar-refractivity contribution < 1.29 is 9.59 Å². The number of carbonyl (C=O) groups excluding carboxylic acids is 2. The van der Waals surface area contributed by atoms with Gasteiger partial charge in [0.15, 0.2) is 5.13 Å². The second kappa shape index (κ2) is 9.80. The molecule has 0 spiro atoms. The molecule has 1 heterocycles. The normalized spacial score (nSPS) is 12.1. The minimum Gasteiger partial charge on any atom is -0.340 e. The number of benzene rings is 3. The van der Waals surface area contributed by atoms with Crippen LogP contribution in [0.25, 0.3) is 21.0 Å². The molecule has 0 aliphatic heterocycles. The predicted octanol–water partition coefficient (Wildman–Crippen LogP) is 5.70. The van der Waals surface area contributed by atoms with E-state index in [-0.39, 0.29) is 11.8 Å². The SMILES string of the molecule is CSCCC(NC(=O)c1ccc(Br)cc1)C(=O)Nc1nc2c(ccc3ccccc32)s1. The Morgan fingerprint density at radius 1 is 1.10 bits per heavy atom. The maximum Gasteiger partial charge on any atom is 0.251 e. The van der Waals surface area contributed by atoms with E-state index in [9.17, 15) is 9.59 Å². The third-order valence-corrected chi connectivity index (χ3v) is 6.96. The van der Waals surface area contributed by atoms with Crippen LogP contribution in [0.4, 0.5) is 5.13 Å². The fraction of sp³-hybridized carbons (Fsp3) is 0.174. The number of halogens is 1. The minimum atomic E-state index is -0.646. The molecule has 5 nitrogen and oxygen atoms in total. The number of nitrogens with one attached hydrogen (secondary N) is 2. The highest BCUT2D eigenvalue weighted by molar-refractivity contribution is 9.10. The third kappa shape index (κ3) is 5.08. The van der Waals surface area contributed by atoms with E-state index in [1.54, 1.807) is 36.0 Å². The van der Waals surface area contributed by atoms with Gasteiger partial charge in [-0.1, -0.05) is 57.6 Å². The summed E-state index contributed by atoms with van der Waals surface area (Å²) in [5.41, 5.74) is 1.38. The number of thiazole rings is 1. The second-order valence-corrected chi connectivity index (χ2v) is 9.89. The first-order chi connectivity index (χ1) is 15.0. The van der Waals surface area contributed by atoms with Gasteiger partial charge in [0.05, 0.1) is 10.2 Å². The van der Waals surface area contributed by atoms with Gasteiger partial charge in [-0.2, -0.15) is 11.8 Å². The number of nitrogens with zero attached hydrogens (tertiary/aromatic N) is 1. The largest absolute Gasteiger partial charge is 0.340 e. The van der Waals surface area contributed by atoms with Crippen molar-refractivity contribution in [3.05, 3.63) is 70.7 Å². The number of thioether (sulfide) groups is 1. The van der Waals surface area contributed by atoms with Crippen LogP contribution in [0.3, 0.4) is 0 Å². The minimum absolute atomic E-state index is 0.261. The molecule has 0 fully saturated rings. The van der Waals surface area contributed by atoms with Gasteiger partial charge < -0.3 is 10.6 Å². The highest BCUT2D eigenvalue weighted by atomic mass is 79.9. The van der Waals surface area contributed by atoms with Crippen molar-refractivity contribution >= 4 is 77.0 Å². The molecule has 31 heavy (non-hydrogen) atoms. The van der Waals surface area contributed by atoms with Crippen molar-refractivity contribution in [2.45, 2.75) is 12.5 Å². The number of fused-ring (bicyclic) bond motifs is 3. The molecule has 0 saturated heterocycles. The van der Waals surface area contributed by atoms with Gasteiger partial charge in [-0.3, -0.25) is 9.59 Å². The van der Waals surface area contributed by atoms with Gasteiger partial charge >= 0.3 is 0 Å². The summed E-state index contributed by atoms with van der Waals surface area (Å²) in [6, 6.07) is 18.5. The molecule has 0 radical (unpaired) electrons. The van der Waals surface area contributed by atoms with E-state index in [2.05, 4.69) is 37.6 Å². The number of anilines is 1. The summed E-state index contributed by atoms with van der Waals surface area (Å²) in [5.74, 6) is 0.218. The maximum atomic E-state index is 13.0. The van der Waals surface area contributed by atoms with E-state index in [1.165, 1.54) is 11.3 Å². The summed E-state index contributed by atoms with van der Waals surface area (Å²) >= 11 is 6.43. The Bertz CT molecular complexity index is 1240. The Kier molecular flexibility index (Phi) is 6.89. The van der Waals surface area contributed by atoms with Gasteiger partial charge in [0.25, 0.3) is 5.91 Å². The molecule has 158 valence electrons. The van der Waals surface area contributed by atoms with Crippen molar-refractivity contribution in [3.8, 4) is 0 Å². The van der Waals surface area contributed by atoms with Crippen LogP contribution in [0.2, 0.25) is 0 Å². The lowest BCUT2D eigenvalue weighted by molar-refractivity contribution is -0.118. The van der Waals surface area contributed by atoms with Crippen LogP contribution in [-0.4, -0.2) is 34.8 Å². The molecule has 1 unspecified atom stereocenters. The van der Waals surface area contributed by atoms with E-state index >= 15 is 0 Å². The van der Waals surface area contributed by atoms with E-state index in [0.717, 1.165) is 31.2 Å². The molecular weight excluding hydrogens is 494 g/mol. The van der Waals surface area contributed by atoms with Crippen molar-refractivity contribution in [2.75, 3.05) is 17.3 Å². The van der Waals surface area contributed by atoms with Crippen LogP contribution in [0, 0.1) is 0 Å². The molecular formula is C23H20BrN3O2S2. The van der Waals surface area contributed by atoms with Crippen LogP contribution in [0.15, 0.2) is 65.1 Å². The molecule has 0 saturated carbocycles. The summed E-state index contributed by atoms with van der Waals surface area (Å²) in [4.78, 5) is 30.3. The van der Waals surface area contributed by atoms with E-state index < -0.39 is 6.04 Å². The van der Waals surface area contributed by atoms with Crippen molar-refractivity contribution in [1.29, 1.82) is 0 Å². The van der Waals surface area contributed by atoms with Crippen LogP contribution in [0.1, 0.15) is 16.8 Å². The van der Waals surface area contributed by atoms with E-state index in [0.29, 0.717) is 17.1 Å². The van der Waals surface area contributed by atoms with Crippen molar-refractivity contribution in [1.82, 2.24) is 10.3 Å². The molecule has 0 aliphatic rings. The van der Waals surface area contributed by atoms with Crippen LogP contribution < -0.4 is 10.6 Å². The molecule has 1 aromatic heterocycles. The topological polar surface area (TPSA) is 71.1 Å². The zero-order valence-electron chi connectivity index (χ0n) is 16.7. The van der Waals surface area contributed by atoms with Gasteiger partial charge in [-0.25, -0.2) is 4.98 Å². The number of hydrogen-bond acceptors (Lipinski definition) is 5. The van der Waals surface area contributed by atoms with Gasteiger partial charge in [0.2, 0.25) is 5.91 Å². The first-order valence-electron chi connectivity index (χ1n) is 9.69. The summed E-state index contributed by atoms with van der Waals surface area (Å²) in [6.45, 7) is 0. The molecule has 0 aliphatic carbocycles. The lowest BCUT2D eigenvalue weighted by Gasteiger charge is -2.17. The molecule has 4 aromatic rings. The zero-order valence-corrected chi connectivity index (χ0v) is 19.9. The van der Waals surface area contributed by atoms with E-state index in [1.807, 2.05) is 36.6 Å². The van der Waals surface area contributed by atoms with Crippen LogP contribution in [0.5, 0.6) is 0 Å². The quantitative estimate of drug-likeness (QED) is 0.332. The average Bonchev–Trinajstić information content (AvgIpc) is 3.19. The molecule has 3 aromatic carbocycles. The van der Waals surface area contributed by atoms with Crippen LogP contribution in [-0.2, 0) is 4.79 Å². The summed E-state index contributed by atoms with van der Waals surface area (Å²) in [6.07, 6.45) is 2.51. The smallest absolute Gasteiger partial charge is 0.251 e. The summed E-state index contributed by atoms with van der Waals surface area (Å²) in [7, 11) is 0. The van der Waals surface area contributed by atoms with Gasteiger partial charge in [0.1, 0.15) is 6.04 Å². The Morgan fingerprint density at radius 3 is 2.65 bits per heavy atom. The fourth-order valence-electron chi connectivity index (χ4n) is 3.25.